The fourth-order valence-electron chi connectivity index (χ4n) is 7.51. The van der Waals surface area contributed by atoms with Gasteiger partial charge in [0.1, 0.15) is 13.2 Å². The van der Waals surface area contributed by atoms with Crippen LogP contribution < -0.4 is 0 Å². The lowest BCUT2D eigenvalue weighted by Gasteiger charge is -2.18. The average molecular weight is 958 g/mol. The van der Waals surface area contributed by atoms with Gasteiger partial charge in [-0.2, -0.15) is 0 Å². The molecule has 6 nitrogen and oxygen atoms in total. The van der Waals surface area contributed by atoms with Crippen LogP contribution in [0.1, 0.15) is 252 Å². The summed E-state index contributed by atoms with van der Waals surface area (Å²) >= 11 is 0. The second kappa shape index (κ2) is 56.7. The Kier molecular flexibility index (Phi) is 53.4. The monoisotopic (exact) mass is 957 g/mol. The van der Waals surface area contributed by atoms with Crippen LogP contribution in [0.15, 0.2) is 109 Å². The topological polar surface area (TPSA) is 78.9 Å². The standard InChI is InChI=1S/C63H104O6/c1-4-7-10-13-16-19-22-25-27-29-31-33-35-38-41-44-47-50-53-56-62(65)68-59-60(58-67-61(64)55-52-49-46-43-40-37-24-21-18-15-12-9-6-3)69-63(66)57-54-51-48-45-42-39-36-34-32-30-28-26-23-20-17-14-11-8-5-2/h7,10,16-17,19-20,23,25-27,31,33,37-38,40-41,46,49,60H,4-6,8-9,11-15,18,21-22,24,28-30,32,34-36,39,42-45,47-48,50-59H2,1-3H3/b10-7-,19-16-,20-17-,26-23-,27-25-,33-31-,40-37-,41-38-,49-46-. The Bertz CT molecular complexity index is 1420. The zero-order valence-corrected chi connectivity index (χ0v) is 44.8. The number of hydrogen-bond donors (Lipinski definition) is 0. The first-order valence-electron chi connectivity index (χ1n) is 28.4. The van der Waals surface area contributed by atoms with Gasteiger partial charge in [-0.1, -0.05) is 233 Å². The van der Waals surface area contributed by atoms with E-state index in [9.17, 15) is 14.4 Å². The van der Waals surface area contributed by atoms with Crippen molar-refractivity contribution >= 4 is 17.9 Å². The lowest BCUT2D eigenvalue weighted by Crippen LogP contribution is -2.30. The lowest BCUT2D eigenvalue weighted by atomic mass is 10.1. The Hall–Kier alpha value is -3.93. The van der Waals surface area contributed by atoms with Crippen LogP contribution >= 0.6 is 0 Å². The highest BCUT2D eigenvalue weighted by Crippen LogP contribution is 2.14. The van der Waals surface area contributed by atoms with Crippen LogP contribution in [0, 0.1) is 0 Å². The zero-order chi connectivity index (χ0) is 50.0. The summed E-state index contributed by atoms with van der Waals surface area (Å²) in [6.45, 7) is 6.41. The summed E-state index contributed by atoms with van der Waals surface area (Å²) in [6, 6.07) is 0. The number of esters is 3. The Morgan fingerprint density at radius 1 is 0.319 bits per heavy atom. The van der Waals surface area contributed by atoms with Crippen molar-refractivity contribution in [1.29, 1.82) is 0 Å². The van der Waals surface area contributed by atoms with E-state index in [4.69, 9.17) is 14.2 Å². The molecule has 0 amide bonds. The Labute approximate surface area is 425 Å². The largest absolute Gasteiger partial charge is 0.462 e. The maximum atomic E-state index is 12.9. The van der Waals surface area contributed by atoms with Crippen LogP contribution in [0.25, 0.3) is 0 Å². The van der Waals surface area contributed by atoms with Crippen LogP contribution in [0.3, 0.4) is 0 Å². The van der Waals surface area contributed by atoms with E-state index in [1.807, 2.05) is 6.08 Å². The van der Waals surface area contributed by atoms with E-state index >= 15 is 0 Å². The number of unbranched alkanes of at least 4 members (excludes halogenated alkanes) is 22. The van der Waals surface area contributed by atoms with E-state index in [2.05, 4.69) is 124 Å². The zero-order valence-electron chi connectivity index (χ0n) is 44.8. The number of ether oxygens (including phenoxy) is 3. The molecule has 0 aliphatic carbocycles. The summed E-state index contributed by atoms with van der Waals surface area (Å²) in [5.41, 5.74) is 0. The number of carbonyl (C=O) groups excluding carboxylic acids is 3. The Morgan fingerprint density at radius 2 is 0.638 bits per heavy atom. The second-order valence-electron chi connectivity index (χ2n) is 18.5. The van der Waals surface area contributed by atoms with E-state index < -0.39 is 6.10 Å². The predicted octanol–water partition coefficient (Wildman–Crippen LogP) is 19.1. The summed E-state index contributed by atoms with van der Waals surface area (Å²) in [6.07, 6.45) is 76.6. The number of allylic oxidation sites excluding steroid dienone is 18. The molecule has 0 aromatic rings. The summed E-state index contributed by atoms with van der Waals surface area (Å²) in [4.78, 5) is 38.1. The van der Waals surface area contributed by atoms with Gasteiger partial charge >= 0.3 is 17.9 Å². The summed E-state index contributed by atoms with van der Waals surface area (Å²) in [5.74, 6) is -1.02. The maximum Gasteiger partial charge on any atom is 0.306 e. The fraction of sp³-hybridized carbons (Fsp3) is 0.667. The minimum Gasteiger partial charge on any atom is -0.462 e. The molecule has 0 saturated carbocycles. The molecule has 0 rings (SSSR count). The lowest BCUT2D eigenvalue weighted by molar-refractivity contribution is -0.166. The third-order valence-corrected chi connectivity index (χ3v) is 11.8. The van der Waals surface area contributed by atoms with Gasteiger partial charge in [0.2, 0.25) is 0 Å². The van der Waals surface area contributed by atoms with Crippen LogP contribution in [0.5, 0.6) is 0 Å². The van der Waals surface area contributed by atoms with Crippen molar-refractivity contribution in [3.05, 3.63) is 109 Å². The highest BCUT2D eigenvalue weighted by Gasteiger charge is 2.19. The number of rotatable bonds is 50. The summed E-state index contributed by atoms with van der Waals surface area (Å²) in [5, 5.41) is 0. The van der Waals surface area contributed by atoms with Crippen LogP contribution in [0.2, 0.25) is 0 Å². The van der Waals surface area contributed by atoms with Gasteiger partial charge in [-0.05, 0) is 109 Å². The molecule has 0 spiro atoms. The minimum atomic E-state index is -0.818. The molecule has 0 heterocycles. The quantitative estimate of drug-likeness (QED) is 0.0199. The van der Waals surface area contributed by atoms with E-state index in [-0.39, 0.29) is 37.5 Å². The highest BCUT2D eigenvalue weighted by atomic mass is 16.6. The molecular weight excluding hydrogens is 853 g/mol. The normalized spacial score (nSPS) is 12.9. The maximum absolute atomic E-state index is 12.9. The smallest absolute Gasteiger partial charge is 0.306 e. The molecule has 1 unspecified atom stereocenters. The molecule has 0 saturated heterocycles. The molecule has 392 valence electrons. The molecule has 0 radical (unpaired) electrons. The van der Waals surface area contributed by atoms with Gasteiger partial charge in [0.15, 0.2) is 6.10 Å². The number of carbonyl (C=O) groups is 3. The van der Waals surface area contributed by atoms with E-state index in [0.717, 1.165) is 89.9 Å². The summed E-state index contributed by atoms with van der Waals surface area (Å²) in [7, 11) is 0. The third kappa shape index (κ3) is 54.9. The second-order valence-corrected chi connectivity index (χ2v) is 18.5. The van der Waals surface area contributed by atoms with Crippen LogP contribution in [-0.2, 0) is 28.6 Å². The van der Waals surface area contributed by atoms with E-state index in [0.29, 0.717) is 19.3 Å². The highest BCUT2D eigenvalue weighted by molar-refractivity contribution is 5.71. The molecule has 0 aromatic heterocycles. The molecular formula is C63H104O6. The van der Waals surface area contributed by atoms with Crippen molar-refractivity contribution in [3.8, 4) is 0 Å². The van der Waals surface area contributed by atoms with Gasteiger partial charge in [0, 0.05) is 19.3 Å². The van der Waals surface area contributed by atoms with Crippen molar-refractivity contribution < 1.29 is 28.6 Å². The van der Waals surface area contributed by atoms with Gasteiger partial charge in [0.25, 0.3) is 0 Å². The van der Waals surface area contributed by atoms with Crippen molar-refractivity contribution in [3.63, 3.8) is 0 Å². The van der Waals surface area contributed by atoms with E-state index in [1.165, 1.54) is 116 Å². The molecule has 0 N–H and O–H groups in total. The first kappa shape index (κ1) is 65.1. The molecule has 1 atom stereocenters. The first-order chi connectivity index (χ1) is 34.0. The fourth-order valence-corrected chi connectivity index (χ4v) is 7.51. The number of hydrogen-bond acceptors (Lipinski definition) is 6. The van der Waals surface area contributed by atoms with Crippen molar-refractivity contribution in [2.75, 3.05) is 13.2 Å². The van der Waals surface area contributed by atoms with Gasteiger partial charge in [-0.3, -0.25) is 14.4 Å². The molecule has 6 heteroatoms. The average Bonchev–Trinajstić information content (AvgIpc) is 3.35. The summed E-state index contributed by atoms with van der Waals surface area (Å²) < 4.78 is 16.8. The molecule has 0 bridgehead atoms. The van der Waals surface area contributed by atoms with Gasteiger partial charge < -0.3 is 14.2 Å². The van der Waals surface area contributed by atoms with E-state index in [1.54, 1.807) is 0 Å². The van der Waals surface area contributed by atoms with Crippen LogP contribution in [-0.4, -0.2) is 37.2 Å². The van der Waals surface area contributed by atoms with Gasteiger partial charge in [-0.25, -0.2) is 0 Å². The Balaban J connectivity index is 4.49. The van der Waals surface area contributed by atoms with Gasteiger partial charge in [-0.15, -0.1) is 0 Å². The van der Waals surface area contributed by atoms with Crippen molar-refractivity contribution in [2.24, 2.45) is 0 Å². The molecule has 0 aliphatic heterocycles. The predicted molar refractivity (Wildman–Crippen MR) is 297 cm³/mol. The van der Waals surface area contributed by atoms with Crippen LogP contribution in [0.4, 0.5) is 0 Å². The molecule has 0 fully saturated rings. The Morgan fingerprint density at radius 3 is 1.10 bits per heavy atom. The van der Waals surface area contributed by atoms with Crippen molar-refractivity contribution in [2.45, 2.75) is 258 Å². The van der Waals surface area contributed by atoms with Crippen molar-refractivity contribution in [1.82, 2.24) is 0 Å². The molecule has 0 aromatic carbocycles. The minimum absolute atomic E-state index is 0.115. The third-order valence-electron chi connectivity index (χ3n) is 11.8. The first-order valence-corrected chi connectivity index (χ1v) is 28.4. The SMILES string of the molecule is CC/C=C\C/C=C\C/C=C\C/C=C\C/C=C\CCCCCC(=O)OCC(COC(=O)CC/C=C\C/C=C\CCCCCCCC)OC(=O)CCCCCCCCCCCC/C=C\C=C/CCCCC. The van der Waals surface area contributed by atoms with Gasteiger partial charge in [0.05, 0.1) is 0 Å². The molecule has 69 heavy (non-hydrogen) atoms. The molecule has 0 aliphatic rings.